The van der Waals surface area contributed by atoms with Gasteiger partial charge in [-0.1, -0.05) is 53.3 Å². The van der Waals surface area contributed by atoms with E-state index in [0.717, 1.165) is 5.75 Å². The lowest BCUT2D eigenvalue weighted by molar-refractivity contribution is 0.415. The van der Waals surface area contributed by atoms with Crippen LogP contribution in [0.3, 0.4) is 0 Å². The molecule has 0 bridgehead atoms. The molecule has 0 aliphatic heterocycles. The number of rotatable bonds is 1. The van der Waals surface area contributed by atoms with Crippen molar-refractivity contribution < 1.29 is 4.74 Å². The van der Waals surface area contributed by atoms with E-state index < -0.39 is 0 Å². The van der Waals surface area contributed by atoms with Crippen molar-refractivity contribution in [3.05, 3.63) is 30.3 Å². The molecule has 0 radical (unpaired) electrons. The van der Waals surface area contributed by atoms with Crippen LogP contribution < -0.4 is 4.74 Å². The fourth-order valence-corrected chi connectivity index (χ4v) is 0.557. The Labute approximate surface area is 83.8 Å². The third-order valence-corrected chi connectivity index (χ3v) is 0.979. The van der Waals surface area contributed by atoms with Crippen LogP contribution in [0.15, 0.2) is 30.3 Å². The first-order chi connectivity index (χ1) is 5.35. The number of benzene rings is 1. The van der Waals surface area contributed by atoms with Crippen molar-refractivity contribution in [2.24, 2.45) is 0 Å². The molecule has 13 heavy (non-hydrogen) atoms. The van der Waals surface area contributed by atoms with E-state index in [1.165, 1.54) is 6.42 Å². The molecule has 0 aliphatic rings. The van der Waals surface area contributed by atoms with Crippen molar-refractivity contribution in [2.75, 3.05) is 7.11 Å². The summed E-state index contributed by atoms with van der Waals surface area (Å²) in [5.41, 5.74) is 0. The standard InChI is InChI=1S/C7H8O.C3H8.2CH4/c1-8-7-5-3-2-4-6-7;1-3-2;;/h2-6H,1H3;3H2,1-2H3;2*1H4. The molecule has 0 unspecified atom stereocenters. The summed E-state index contributed by atoms with van der Waals surface area (Å²) in [7, 11) is 1.66. The van der Waals surface area contributed by atoms with Crippen LogP contribution in [-0.2, 0) is 0 Å². The van der Waals surface area contributed by atoms with Gasteiger partial charge in [-0.05, 0) is 12.1 Å². The van der Waals surface area contributed by atoms with Crippen LogP contribution in [0.25, 0.3) is 0 Å². The van der Waals surface area contributed by atoms with Crippen molar-refractivity contribution in [2.45, 2.75) is 35.1 Å². The van der Waals surface area contributed by atoms with Gasteiger partial charge in [0.15, 0.2) is 0 Å². The lowest BCUT2D eigenvalue weighted by atomic mass is 10.3. The number of ether oxygens (including phenoxy) is 1. The van der Waals surface area contributed by atoms with Gasteiger partial charge < -0.3 is 4.74 Å². The minimum atomic E-state index is 0. The zero-order valence-corrected chi connectivity index (χ0v) is 7.50. The second-order valence-corrected chi connectivity index (χ2v) is 2.22. The SMILES string of the molecule is C.C.CCC.COc1ccccc1. The highest BCUT2D eigenvalue weighted by molar-refractivity contribution is 5.20. The Kier molecular flexibility index (Phi) is 18.8. The molecular formula is C12H24O. The molecule has 0 spiro atoms. The number of methoxy groups -OCH3 is 1. The molecule has 0 heterocycles. The topological polar surface area (TPSA) is 9.23 Å². The van der Waals surface area contributed by atoms with Crippen molar-refractivity contribution in [3.8, 4) is 5.75 Å². The van der Waals surface area contributed by atoms with E-state index in [0.29, 0.717) is 0 Å². The molecule has 1 aromatic carbocycles. The van der Waals surface area contributed by atoms with Gasteiger partial charge in [0, 0.05) is 0 Å². The third-order valence-electron chi connectivity index (χ3n) is 0.979. The van der Waals surface area contributed by atoms with Gasteiger partial charge in [-0.3, -0.25) is 0 Å². The molecule has 0 atom stereocenters. The summed E-state index contributed by atoms with van der Waals surface area (Å²) in [4.78, 5) is 0. The quantitative estimate of drug-likeness (QED) is 0.629. The number of hydrogen-bond acceptors (Lipinski definition) is 1. The van der Waals surface area contributed by atoms with E-state index in [1.807, 2.05) is 30.3 Å². The van der Waals surface area contributed by atoms with Gasteiger partial charge in [-0.25, -0.2) is 0 Å². The van der Waals surface area contributed by atoms with Crippen LogP contribution in [0, 0.1) is 0 Å². The third kappa shape index (κ3) is 11.0. The Morgan fingerprint density at radius 1 is 1.00 bits per heavy atom. The molecule has 0 fully saturated rings. The minimum absolute atomic E-state index is 0. The molecule has 0 aromatic heterocycles. The first-order valence-electron chi connectivity index (χ1n) is 3.94. The van der Waals surface area contributed by atoms with E-state index in [9.17, 15) is 0 Å². The summed E-state index contributed by atoms with van der Waals surface area (Å²) in [5, 5.41) is 0. The molecule has 0 N–H and O–H groups in total. The lowest BCUT2D eigenvalue weighted by Crippen LogP contribution is -1.78. The van der Waals surface area contributed by atoms with Crippen LogP contribution in [0.1, 0.15) is 35.1 Å². The van der Waals surface area contributed by atoms with Crippen molar-refractivity contribution in [3.63, 3.8) is 0 Å². The second kappa shape index (κ2) is 13.6. The molecule has 0 aliphatic carbocycles. The monoisotopic (exact) mass is 184 g/mol. The largest absolute Gasteiger partial charge is 0.497 e. The zero-order chi connectivity index (χ0) is 8.53. The molecule has 1 heteroatoms. The highest BCUT2D eigenvalue weighted by atomic mass is 16.5. The maximum absolute atomic E-state index is 4.91. The summed E-state index contributed by atoms with van der Waals surface area (Å²) in [5.74, 6) is 0.910. The fraction of sp³-hybridized carbons (Fsp3) is 0.500. The van der Waals surface area contributed by atoms with E-state index in [4.69, 9.17) is 4.74 Å². The van der Waals surface area contributed by atoms with Gasteiger partial charge in [-0.15, -0.1) is 0 Å². The fourth-order valence-electron chi connectivity index (χ4n) is 0.557. The highest BCUT2D eigenvalue weighted by Crippen LogP contribution is 2.05. The summed E-state index contributed by atoms with van der Waals surface area (Å²) in [6.45, 7) is 4.25. The van der Waals surface area contributed by atoms with E-state index in [1.54, 1.807) is 7.11 Å². The summed E-state index contributed by atoms with van der Waals surface area (Å²) < 4.78 is 4.91. The van der Waals surface area contributed by atoms with Gasteiger partial charge in [0.1, 0.15) is 5.75 Å². The smallest absolute Gasteiger partial charge is 0.118 e. The van der Waals surface area contributed by atoms with Crippen LogP contribution in [0.5, 0.6) is 5.75 Å². The first kappa shape index (κ1) is 17.9. The second-order valence-electron chi connectivity index (χ2n) is 2.22. The van der Waals surface area contributed by atoms with Crippen LogP contribution in [0.2, 0.25) is 0 Å². The van der Waals surface area contributed by atoms with Gasteiger partial charge in [0.25, 0.3) is 0 Å². The predicted octanol–water partition coefficient (Wildman–Crippen LogP) is 4.38. The molecule has 0 amide bonds. The van der Waals surface area contributed by atoms with E-state index in [-0.39, 0.29) is 14.9 Å². The summed E-state index contributed by atoms with van der Waals surface area (Å²) >= 11 is 0. The summed E-state index contributed by atoms with van der Waals surface area (Å²) in [6, 6.07) is 9.68. The Balaban J connectivity index is -0.000000180. The highest BCUT2D eigenvalue weighted by Gasteiger charge is 1.80. The molecule has 1 nitrogen and oxygen atoms in total. The Bertz CT molecular complexity index is 158. The van der Waals surface area contributed by atoms with Gasteiger partial charge in [0.2, 0.25) is 0 Å². The average Bonchev–Trinajstić information content (AvgIpc) is 2.08. The summed E-state index contributed by atoms with van der Waals surface area (Å²) in [6.07, 6.45) is 1.25. The normalized spacial score (nSPS) is 6.69. The van der Waals surface area contributed by atoms with Crippen molar-refractivity contribution >= 4 is 0 Å². The van der Waals surface area contributed by atoms with E-state index >= 15 is 0 Å². The van der Waals surface area contributed by atoms with Gasteiger partial charge in [-0.2, -0.15) is 0 Å². The van der Waals surface area contributed by atoms with Crippen molar-refractivity contribution in [1.29, 1.82) is 0 Å². The van der Waals surface area contributed by atoms with Gasteiger partial charge in [0.05, 0.1) is 7.11 Å². The zero-order valence-electron chi connectivity index (χ0n) is 7.50. The maximum Gasteiger partial charge on any atom is 0.118 e. The van der Waals surface area contributed by atoms with Crippen molar-refractivity contribution in [1.82, 2.24) is 0 Å². The molecule has 0 saturated carbocycles. The molecule has 1 rings (SSSR count). The Morgan fingerprint density at radius 2 is 1.38 bits per heavy atom. The Hall–Kier alpha value is -0.980. The molecule has 1 aromatic rings. The molecule has 0 saturated heterocycles. The minimum Gasteiger partial charge on any atom is -0.497 e. The van der Waals surface area contributed by atoms with E-state index in [2.05, 4.69) is 13.8 Å². The molecular weight excluding hydrogens is 160 g/mol. The molecule has 78 valence electrons. The first-order valence-corrected chi connectivity index (χ1v) is 3.94. The Morgan fingerprint density at radius 3 is 1.62 bits per heavy atom. The number of para-hydroxylation sites is 1. The lowest BCUT2D eigenvalue weighted by Gasteiger charge is -1.93. The average molecular weight is 184 g/mol. The van der Waals surface area contributed by atoms with Gasteiger partial charge >= 0.3 is 0 Å². The number of hydrogen-bond donors (Lipinski definition) is 0. The predicted molar refractivity (Wildman–Crippen MR) is 62.4 cm³/mol. The van der Waals surface area contributed by atoms with Crippen LogP contribution >= 0.6 is 0 Å². The maximum atomic E-state index is 4.91. The van der Waals surface area contributed by atoms with Crippen LogP contribution in [0.4, 0.5) is 0 Å². The van der Waals surface area contributed by atoms with Crippen LogP contribution in [-0.4, -0.2) is 7.11 Å².